The van der Waals surface area contributed by atoms with Crippen molar-refractivity contribution < 1.29 is 9.47 Å². The smallest absolute Gasteiger partial charge is 0.138 e. The molecule has 4 aromatic carbocycles. The summed E-state index contributed by atoms with van der Waals surface area (Å²) in [6.45, 7) is 4.25. The van der Waals surface area contributed by atoms with Gasteiger partial charge >= 0.3 is 0 Å². The van der Waals surface area contributed by atoms with E-state index in [-0.39, 0.29) is 0 Å². The summed E-state index contributed by atoms with van der Waals surface area (Å²) in [4.78, 5) is 4.22. The van der Waals surface area contributed by atoms with Crippen LogP contribution in [-0.2, 0) is 0 Å². The van der Waals surface area contributed by atoms with Crippen LogP contribution in [0.25, 0.3) is 21.9 Å². The number of benzene rings is 4. The summed E-state index contributed by atoms with van der Waals surface area (Å²) < 4.78 is 12.6. The lowest BCUT2D eigenvalue weighted by Crippen LogP contribution is -2.10. The maximum absolute atomic E-state index is 6.32. The van der Waals surface area contributed by atoms with E-state index in [1.165, 1.54) is 22.5 Å². The third kappa shape index (κ3) is 3.36. The highest BCUT2D eigenvalue weighted by atomic mass is 16.5. The maximum atomic E-state index is 6.32. The number of rotatable bonds is 4. The van der Waals surface area contributed by atoms with Crippen molar-refractivity contribution in [2.75, 3.05) is 38.0 Å². The molecule has 4 heteroatoms. The third-order valence-corrected chi connectivity index (χ3v) is 7.24. The van der Waals surface area contributed by atoms with Gasteiger partial charge in [-0.15, -0.1) is 0 Å². The lowest BCUT2D eigenvalue weighted by molar-refractivity contribution is 0.474. The highest BCUT2D eigenvalue weighted by Crippen LogP contribution is 2.51. The zero-order valence-corrected chi connectivity index (χ0v) is 21.6. The number of hydrogen-bond donors (Lipinski definition) is 0. The highest BCUT2D eigenvalue weighted by Gasteiger charge is 2.28. The van der Waals surface area contributed by atoms with E-state index in [9.17, 15) is 0 Å². The van der Waals surface area contributed by atoms with Gasteiger partial charge in [0.2, 0.25) is 0 Å². The van der Waals surface area contributed by atoms with Gasteiger partial charge < -0.3 is 19.3 Å². The monoisotopic (exact) mass is 474 g/mol. The largest absolute Gasteiger partial charge is 0.463 e. The van der Waals surface area contributed by atoms with Crippen LogP contribution in [0.2, 0.25) is 0 Å². The summed E-state index contributed by atoms with van der Waals surface area (Å²) in [6, 6.07) is 21.7. The molecular formula is C32H30N2O2. The molecule has 0 saturated heterocycles. The Morgan fingerprint density at radius 3 is 1.22 bits per heavy atom. The third-order valence-electron chi connectivity index (χ3n) is 7.24. The van der Waals surface area contributed by atoms with Gasteiger partial charge in [-0.25, -0.2) is 0 Å². The van der Waals surface area contributed by atoms with Crippen LogP contribution >= 0.6 is 0 Å². The Labute approximate surface area is 212 Å². The molecule has 0 bridgehead atoms. The van der Waals surface area contributed by atoms with E-state index in [1.807, 2.05) is 12.5 Å². The minimum Gasteiger partial charge on any atom is -0.463 e. The molecule has 36 heavy (non-hydrogen) atoms. The Balaban J connectivity index is 1.55. The fourth-order valence-electron chi connectivity index (χ4n) is 5.26. The number of hydrogen-bond acceptors (Lipinski definition) is 4. The Morgan fingerprint density at radius 1 is 0.528 bits per heavy atom. The van der Waals surface area contributed by atoms with Crippen molar-refractivity contribution in [3.05, 3.63) is 107 Å². The topological polar surface area (TPSA) is 24.9 Å². The Morgan fingerprint density at radius 2 is 0.889 bits per heavy atom. The molecule has 0 unspecified atom stereocenters. The molecule has 0 N–H and O–H groups in total. The van der Waals surface area contributed by atoms with Gasteiger partial charge in [-0.1, -0.05) is 24.3 Å². The Bertz CT molecular complexity index is 1450. The normalized spacial score (nSPS) is 13.5. The predicted octanol–water partition coefficient (Wildman–Crippen LogP) is 7.15. The Hall–Kier alpha value is -4.18. The average Bonchev–Trinajstić information content (AvgIpc) is 2.88. The van der Waals surface area contributed by atoms with Gasteiger partial charge in [0, 0.05) is 61.5 Å². The minimum atomic E-state index is 0.909. The molecule has 0 saturated carbocycles. The standard InChI is InChI=1S/C32H30N2O2/c1-19-15-25-27(21-7-11-23(12-8-21)33(3)4)18-36-32-20(2)16-26-28(17-35-31(19)29(26)30(25)32)22-9-13-24(14-10-22)34(5)6/h7-18H,1-6H3. The van der Waals surface area contributed by atoms with Crippen LogP contribution < -0.4 is 19.3 Å². The highest BCUT2D eigenvalue weighted by molar-refractivity contribution is 6.12. The molecule has 0 amide bonds. The van der Waals surface area contributed by atoms with Crippen LogP contribution in [-0.4, -0.2) is 28.2 Å². The second kappa shape index (κ2) is 8.20. The summed E-state index contributed by atoms with van der Waals surface area (Å²) >= 11 is 0. The van der Waals surface area contributed by atoms with E-state index in [1.54, 1.807) is 0 Å². The van der Waals surface area contributed by atoms with Crippen molar-refractivity contribution >= 4 is 33.3 Å². The van der Waals surface area contributed by atoms with Gasteiger partial charge in [0.1, 0.15) is 11.5 Å². The number of nitrogens with zero attached hydrogens (tertiary/aromatic N) is 2. The van der Waals surface area contributed by atoms with E-state index >= 15 is 0 Å². The van der Waals surface area contributed by atoms with E-state index in [2.05, 4.69) is 113 Å². The molecule has 2 aliphatic rings. The zero-order valence-electron chi connectivity index (χ0n) is 21.6. The first-order valence-electron chi connectivity index (χ1n) is 12.2. The fourth-order valence-corrected chi connectivity index (χ4v) is 5.26. The summed E-state index contributed by atoms with van der Waals surface area (Å²) in [5.74, 6) is 1.82. The molecule has 2 aliphatic heterocycles. The van der Waals surface area contributed by atoms with Crippen molar-refractivity contribution in [2.45, 2.75) is 13.8 Å². The molecule has 0 aromatic heterocycles. The summed E-state index contributed by atoms with van der Waals surface area (Å²) in [7, 11) is 8.23. The molecule has 0 aliphatic carbocycles. The molecule has 0 radical (unpaired) electrons. The van der Waals surface area contributed by atoms with Crippen LogP contribution in [0.3, 0.4) is 0 Å². The van der Waals surface area contributed by atoms with Crippen LogP contribution in [0.1, 0.15) is 33.4 Å². The quantitative estimate of drug-likeness (QED) is 0.314. The second-order valence-electron chi connectivity index (χ2n) is 10.1. The molecule has 0 fully saturated rings. The van der Waals surface area contributed by atoms with E-state index in [0.29, 0.717) is 0 Å². The zero-order chi connectivity index (χ0) is 25.1. The van der Waals surface area contributed by atoms with Crippen LogP contribution in [0.5, 0.6) is 11.5 Å². The van der Waals surface area contributed by atoms with Crippen molar-refractivity contribution in [1.29, 1.82) is 0 Å². The summed E-state index contributed by atoms with van der Waals surface area (Å²) in [6.07, 6.45) is 3.80. The van der Waals surface area contributed by atoms with Gasteiger partial charge in [-0.2, -0.15) is 0 Å². The fraction of sp³-hybridized carbons (Fsp3) is 0.188. The van der Waals surface area contributed by atoms with Gasteiger partial charge in [0.25, 0.3) is 0 Å². The molecule has 180 valence electrons. The van der Waals surface area contributed by atoms with Gasteiger partial charge in [0.15, 0.2) is 0 Å². The van der Waals surface area contributed by atoms with E-state index < -0.39 is 0 Å². The van der Waals surface area contributed by atoms with E-state index in [0.717, 1.165) is 55.7 Å². The first-order valence-corrected chi connectivity index (χ1v) is 12.2. The number of aryl methyl sites for hydroxylation is 2. The molecule has 0 spiro atoms. The lowest BCUT2D eigenvalue weighted by Gasteiger charge is -2.28. The number of anilines is 2. The molecule has 0 atom stereocenters. The van der Waals surface area contributed by atoms with Gasteiger partial charge in [-0.3, -0.25) is 0 Å². The van der Waals surface area contributed by atoms with Gasteiger partial charge in [0.05, 0.1) is 12.5 Å². The average molecular weight is 475 g/mol. The predicted molar refractivity (Wildman–Crippen MR) is 150 cm³/mol. The van der Waals surface area contributed by atoms with Crippen molar-refractivity contribution in [3.8, 4) is 11.5 Å². The van der Waals surface area contributed by atoms with Crippen LogP contribution in [0.15, 0.2) is 73.2 Å². The number of ether oxygens (including phenoxy) is 2. The van der Waals surface area contributed by atoms with Crippen molar-refractivity contribution in [3.63, 3.8) is 0 Å². The van der Waals surface area contributed by atoms with Crippen molar-refractivity contribution in [2.24, 2.45) is 0 Å². The minimum absolute atomic E-state index is 0.909. The summed E-state index contributed by atoms with van der Waals surface area (Å²) in [5, 5.41) is 2.24. The second-order valence-corrected chi connectivity index (χ2v) is 10.1. The summed E-state index contributed by atoms with van der Waals surface area (Å²) in [5.41, 5.74) is 11.4. The van der Waals surface area contributed by atoms with Crippen molar-refractivity contribution in [1.82, 2.24) is 0 Å². The van der Waals surface area contributed by atoms with Crippen LogP contribution in [0.4, 0.5) is 11.4 Å². The Kier molecular flexibility index (Phi) is 5.08. The molecule has 4 nitrogen and oxygen atoms in total. The van der Waals surface area contributed by atoms with Crippen LogP contribution in [0, 0.1) is 13.8 Å². The maximum Gasteiger partial charge on any atom is 0.138 e. The molecule has 4 aromatic rings. The van der Waals surface area contributed by atoms with Gasteiger partial charge in [-0.05, 0) is 83.6 Å². The molecule has 2 heterocycles. The first kappa shape index (κ1) is 22.3. The molecular weight excluding hydrogens is 444 g/mol. The molecule has 6 rings (SSSR count). The lowest BCUT2D eigenvalue weighted by atomic mass is 9.84. The van der Waals surface area contributed by atoms with E-state index in [4.69, 9.17) is 9.47 Å². The first-order chi connectivity index (χ1) is 17.3. The SMILES string of the molecule is Cc1cc2c3c(c(C)cc4c3c1OC=C4c1ccc(N(C)C)cc1)OC=C2c1ccc(N(C)C)cc1.